The lowest BCUT2D eigenvalue weighted by Crippen LogP contribution is -2.50. The monoisotopic (exact) mass is 497 g/mol. The number of hydrogen-bond donors (Lipinski definition) is 1. The first-order chi connectivity index (χ1) is 17.0. The molecule has 2 fully saturated rings. The number of imidazole rings is 1. The van der Waals surface area contributed by atoms with Crippen LogP contribution >= 0.6 is 11.8 Å². The van der Waals surface area contributed by atoms with Gasteiger partial charge in [0.2, 0.25) is 11.8 Å². The van der Waals surface area contributed by atoms with E-state index in [1.807, 2.05) is 29.2 Å². The fourth-order valence-electron chi connectivity index (χ4n) is 5.18. The van der Waals surface area contributed by atoms with Gasteiger partial charge in [0.25, 0.3) is 0 Å². The first-order valence-electron chi connectivity index (χ1n) is 13.0. The van der Waals surface area contributed by atoms with Crippen LogP contribution in [0, 0.1) is 13.8 Å². The van der Waals surface area contributed by atoms with Gasteiger partial charge in [-0.3, -0.25) is 14.5 Å². The van der Waals surface area contributed by atoms with E-state index in [0.717, 1.165) is 28.5 Å². The molecule has 1 aromatic heterocycles. The number of anilines is 1. The molecule has 1 saturated heterocycles. The van der Waals surface area contributed by atoms with E-state index < -0.39 is 0 Å². The second-order valence-electron chi connectivity index (χ2n) is 9.73. The van der Waals surface area contributed by atoms with Crippen LogP contribution < -0.4 is 5.32 Å². The Bertz CT molecular complexity index is 1020. The van der Waals surface area contributed by atoms with Gasteiger partial charge in [0, 0.05) is 43.6 Å². The molecule has 1 N–H and O–H groups in total. The molecule has 1 aromatic carbocycles. The number of piperazine rings is 1. The maximum Gasteiger partial charge on any atom is 0.238 e. The van der Waals surface area contributed by atoms with E-state index in [1.165, 1.54) is 37.8 Å². The molecule has 1 aliphatic carbocycles. The lowest BCUT2D eigenvalue weighted by molar-refractivity contribution is -0.130. The Morgan fingerprint density at radius 3 is 2.49 bits per heavy atom. The molecule has 0 atom stereocenters. The fourth-order valence-corrected chi connectivity index (χ4v) is 6.25. The summed E-state index contributed by atoms with van der Waals surface area (Å²) in [5.41, 5.74) is 4.34. The third kappa shape index (κ3) is 6.47. The van der Waals surface area contributed by atoms with Crippen LogP contribution in [0.5, 0.6) is 0 Å². The number of amides is 2. The van der Waals surface area contributed by atoms with Crippen molar-refractivity contribution in [2.75, 3.05) is 43.8 Å². The first-order valence-corrected chi connectivity index (χ1v) is 14.0. The maximum absolute atomic E-state index is 13.0. The molecule has 2 aliphatic rings. The molecule has 1 saturated carbocycles. The highest BCUT2D eigenvalue weighted by Gasteiger charge is 2.25. The fraction of sp³-hybridized carbons (Fsp3) is 0.593. The summed E-state index contributed by atoms with van der Waals surface area (Å²) < 4.78 is 2.39. The molecule has 0 unspecified atom stereocenters. The molecule has 1 aliphatic heterocycles. The van der Waals surface area contributed by atoms with Gasteiger partial charge in [0.15, 0.2) is 5.16 Å². The average molecular weight is 498 g/mol. The Morgan fingerprint density at radius 1 is 1.06 bits per heavy atom. The van der Waals surface area contributed by atoms with E-state index in [1.54, 1.807) is 11.8 Å². The van der Waals surface area contributed by atoms with Gasteiger partial charge in [0.1, 0.15) is 0 Å². The van der Waals surface area contributed by atoms with Crippen molar-refractivity contribution in [2.24, 2.45) is 0 Å². The summed E-state index contributed by atoms with van der Waals surface area (Å²) in [7, 11) is 0. The summed E-state index contributed by atoms with van der Waals surface area (Å²) in [4.78, 5) is 34.4. The van der Waals surface area contributed by atoms with E-state index in [2.05, 4.69) is 35.6 Å². The maximum atomic E-state index is 13.0. The van der Waals surface area contributed by atoms with E-state index >= 15 is 0 Å². The largest absolute Gasteiger partial charge is 0.339 e. The van der Waals surface area contributed by atoms with Crippen molar-refractivity contribution in [1.29, 1.82) is 0 Å². The summed E-state index contributed by atoms with van der Waals surface area (Å²) in [6.07, 6.45) is 7.17. The van der Waals surface area contributed by atoms with Crippen LogP contribution in [-0.4, -0.2) is 69.6 Å². The Balaban J connectivity index is 1.25. The zero-order chi connectivity index (χ0) is 24.8. The summed E-state index contributed by atoms with van der Waals surface area (Å²) >= 11 is 1.58. The lowest BCUT2D eigenvalue weighted by Gasteiger charge is -2.34. The van der Waals surface area contributed by atoms with Crippen LogP contribution in [-0.2, 0) is 16.0 Å². The number of nitrogens with one attached hydrogen (secondary N) is 1. The summed E-state index contributed by atoms with van der Waals surface area (Å²) in [6.45, 7) is 9.41. The number of rotatable bonds is 8. The van der Waals surface area contributed by atoms with Crippen LogP contribution in [0.1, 0.15) is 62.0 Å². The van der Waals surface area contributed by atoms with Gasteiger partial charge in [-0.1, -0.05) is 56.1 Å². The van der Waals surface area contributed by atoms with Gasteiger partial charge in [-0.25, -0.2) is 4.98 Å². The zero-order valence-electron chi connectivity index (χ0n) is 21.4. The Labute approximate surface area is 213 Å². The number of aryl methyl sites for hydroxylation is 2. The van der Waals surface area contributed by atoms with E-state index in [-0.39, 0.29) is 11.8 Å². The van der Waals surface area contributed by atoms with Gasteiger partial charge < -0.3 is 14.8 Å². The summed E-state index contributed by atoms with van der Waals surface area (Å²) in [5.74, 6) is 0.572. The van der Waals surface area contributed by atoms with Gasteiger partial charge in [-0.2, -0.15) is 0 Å². The first kappa shape index (κ1) is 25.8. The molecule has 35 heavy (non-hydrogen) atoms. The van der Waals surface area contributed by atoms with E-state index in [0.29, 0.717) is 44.5 Å². The number of carbonyl (C=O) groups is 2. The number of benzene rings is 1. The van der Waals surface area contributed by atoms with Crippen LogP contribution in [0.25, 0.3) is 0 Å². The Hall–Kier alpha value is -2.32. The number of aromatic nitrogens is 2. The minimum absolute atomic E-state index is 0.00141. The molecule has 7 nitrogen and oxygen atoms in total. The van der Waals surface area contributed by atoms with Gasteiger partial charge in [0.05, 0.1) is 18.0 Å². The molecule has 190 valence electrons. The number of para-hydroxylation sites is 1. The Kier molecular flexibility index (Phi) is 8.89. The van der Waals surface area contributed by atoms with Crippen molar-refractivity contribution in [2.45, 2.75) is 70.5 Å². The predicted octanol–water partition coefficient (Wildman–Crippen LogP) is 4.44. The molecular formula is C27H39N5O2S. The standard InChI is InChI=1S/C27H39N5O2S/c1-4-22-10-8-9-13-24(22)29-25(33)18-30-14-16-31(17-15-30)26(34)19-35-27-28-20(2)21(3)32(27)23-11-6-5-7-12-23/h8-10,13,23H,4-7,11-12,14-19H2,1-3H3,(H,29,33). The summed E-state index contributed by atoms with van der Waals surface area (Å²) in [5, 5.41) is 4.03. The highest BCUT2D eigenvalue weighted by molar-refractivity contribution is 7.99. The number of thioether (sulfide) groups is 1. The summed E-state index contributed by atoms with van der Waals surface area (Å²) in [6, 6.07) is 8.45. The molecule has 0 radical (unpaired) electrons. The SMILES string of the molecule is CCc1ccccc1NC(=O)CN1CCN(C(=O)CSc2nc(C)c(C)n2C2CCCCC2)CC1. The van der Waals surface area contributed by atoms with Crippen molar-refractivity contribution in [1.82, 2.24) is 19.4 Å². The number of hydrogen-bond acceptors (Lipinski definition) is 5. The van der Waals surface area contributed by atoms with Crippen molar-refractivity contribution >= 4 is 29.3 Å². The topological polar surface area (TPSA) is 70.5 Å². The lowest BCUT2D eigenvalue weighted by atomic mass is 9.95. The van der Waals surface area contributed by atoms with Crippen LogP contribution in [0.2, 0.25) is 0 Å². The smallest absolute Gasteiger partial charge is 0.238 e. The normalized spacial score (nSPS) is 17.5. The van der Waals surface area contributed by atoms with Crippen molar-refractivity contribution in [3.8, 4) is 0 Å². The zero-order valence-corrected chi connectivity index (χ0v) is 22.2. The van der Waals surface area contributed by atoms with Crippen LogP contribution in [0.3, 0.4) is 0 Å². The molecule has 0 bridgehead atoms. The average Bonchev–Trinajstić information content (AvgIpc) is 3.16. The molecular weight excluding hydrogens is 458 g/mol. The highest BCUT2D eigenvalue weighted by atomic mass is 32.2. The third-order valence-corrected chi connectivity index (χ3v) is 8.32. The minimum atomic E-state index is 0.00141. The molecule has 2 amide bonds. The number of carbonyl (C=O) groups excluding carboxylic acids is 2. The third-order valence-electron chi connectivity index (χ3n) is 7.38. The molecule has 4 rings (SSSR count). The van der Waals surface area contributed by atoms with Crippen LogP contribution in [0.4, 0.5) is 5.69 Å². The number of nitrogens with zero attached hydrogens (tertiary/aromatic N) is 4. The second-order valence-corrected chi connectivity index (χ2v) is 10.7. The van der Waals surface area contributed by atoms with Crippen molar-refractivity contribution < 1.29 is 9.59 Å². The highest BCUT2D eigenvalue weighted by Crippen LogP contribution is 2.34. The molecule has 8 heteroatoms. The molecule has 2 aromatic rings. The Morgan fingerprint density at radius 2 is 1.77 bits per heavy atom. The second kappa shape index (κ2) is 12.1. The van der Waals surface area contributed by atoms with Crippen molar-refractivity contribution in [3.05, 3.63) is 41.2 Å². The van der Waals surface area contributed by atoms with Crippen molar-refractivity contribution in [3.63, 3.8) is 0 Å². The quantitative estimate of drug-likeness (QED) is 0.546. The van der Waals surface area contributed by atoms with E-state index in [9.17, 15) is 9.59 Å². The van der Waals surface area contributed by atoms with E-state index in [4.69, 9.17) is 4.98 Å². The van der Waals surface area contributed by atoms with Gasteiger partial charge in [-0.15, -0.1) is 0 Å². The molecule has 2 heterocycles. The predicted molar refractivity (Wildman–Crippen MR) is 142 cm³/mol. The van der Waals surface area contributed by atoms with Gasteiger partial charge in [-0.05, 0) is 44.7 Å². The van der Waals surface area contributed by atoms with Crippen LogP contribution in [0.15, 0.2) is 29.4 Å². The van der Waals surface area contributed by atoms with Gasteiger partial charge >= 0.3 is 0 Å². The minimum Gasteiger partial charge on any atom is -0.339 e. The molecule has 0 spiro atoms.